The summed E-state index contributed by atoms with van der Waals surface area (Å²) in [5, 5.41) is 24.6. The van der Waals surface area contributed by atoms with Gasteiger partial charge in [0.1, 0.15) is 5.15 Å². The first-order valence-electron chi connectivity index (χ1n) is 24.9. The molecule has 9 rings (SSSR count). The molecule has 0 spiro atoms. The van der Waals surface area contributed by atoms with E-state index in [1.54, 1.807) is 58.3 Å². The second kappa shape index (κ2) is 27.9. The average Bonchev–Trinajstić information content (AvgIpc) is 3.48. The molecule has 0 saturated carbocycles. The van der Waals surface area contributed by atoms with Crippen molar-refractivity contribution in [2.45, 2.75) is 39.8 Å². The zero-order valence-corrected chi connectivity index (χ0v) is 46.5. The monoisotopic (exact) mass is 1150 g/mol. The number of guanidine groups is 2. The van der Waals surface area contributed by atoms with Crippen LogP contribution in [0.2, 0.25) is 20.2 Å². The number of carbonyl (C=O) groups is 3. The molecule has 6 aromatic carbocycles. The Bertz CT molecular complexity index is 3700. The highest BCUT2D eigenvalue weighted by atomic mass is 35.5. The fraction of sp³-hybridized carbons (Fsp3) is 0.153. The Balaban J connectivity index is 0.000000174. The van der Waals surface area contributed by atoms with Crippen LogP contribution in [0.5, 0.6) is 0 Å². The van der Waals surface area contributed by atoms with Gasteiger partial charge in [-0.25, -0.2) is 15.0 Å². The third-order valence-corrected chi connectivity index (χ3v) is 13.5. The van der Waals surface area contributed by atoms with Gasteiger partial charge in [0.25, 0.3) is 17.7 Å². The van der Waals surface area contributed by atoms with Crippen LogP contribution in [0.25, 0.3) is 32.3 Å². The number of aliphatic hydroxyl groups excluding tert-OH is 1. The fourth-order valence-corrected chi connectivity index (χ4v) is 9.26. The van der Waals surface area contributed by atoms with Crippen molar-refractivity contribution in [1.82, 2.24) is 29.7 Å². The van der Waals surface area contributed by atoms with Crippen LogP contribution in [0, 0.1) is 0 Å². The Labute approximate surface area is 481 Å². The number of nitrogens with zero attached hydrogens (tertiary/aromatic N) is 8. The molecule has 0 aliphatic carbocycles. The number of benzene rings is 6. The molecule has 3 heterocycles. The molecular formula is C59H56Cl4N12O5. The van der Waals surface area contributed by atoms with Gasteiger partial charge in [-0.05, 0) is 66.9 Å². The van der Waals surface area contributed by atoms with Crippen LogP contribution < -0.4 is 22.9 Å². The van der Waals surface area contributed by atoms with Crippen LogP contribution in [0.15, 0.2) is 174 Å². The highest BCUT2D eigenvalue weighted by Gasteiger charge is 2.22. The lowest BCUT2D eigenvalue weighted by atomic mass is 10.1. The van der Waals surface area contributed by atoms with E-state index in [1.165, 1.54) is 23.5 Å². The summed E-state index contributed by atoms with van der Waals surface area (Å²) in [5.74, 6) is -0.238. The summed E-state index contributed by atoms with van der Waals surface area (Å²) in [7, 11) is 0. The van der Waals surface area contributed by atoms with Gasteiger partial charge in [0, 0.05) is 100 Å². The van der Waals surface area contributed by atoms with E-state index >= 15 is 0 Å². The summed E-state index contributed by atoms with van der Waals surface area (Å²) in [6, 6.07) is 44.5. The molecule has 0 aliphatic rings. The summed E-state index contributed by atoms with van der Waals surface area (Å²) in [6.45, 7) is 6.18. The van der Waals surface area contributed by atoms with Crippen molar-refractivity contribution in [3.05, 3.63) is 218 Å². The number of halogens is 4. The predicted molar refractivity (Wildman–Crippen MR) is 319 cm³/mol. The average molecular weight is 1150 g/mol. The Morgan fingerprint density at radius 2 is 0.787 bits per heavy atom. The van der Waals surface area contributed by atoms with Crippen LogP contribution in [-0.4, -0.2) is 95.4 Å². The molecule has 0 aliphatic heterocycles. The maximum absolute atomic E-state index is 13.1. The number of aliphatic hydroxyl groups is 2. The zero-order valence-electron chi connectivity index (χ0n) is 43.4. The number of hydrogen-bond acceptors (Lipinski definition) is 10. The Kier molecular flexibility index (Phi) is 20.7. The summed E-state index contributed by atoms with van der Waals surface area (Å²) >= 11 is 24.7. The smallest absolute Gasteiger partial charge is 0.254 e. The molecule has 3 amide bonds. The molecule has 17 nitrogen and oxygen atoms in total. The third-order valence-electron chi connectivity index (χ3n) is 12.3. The SMILES string of the molecule is CCN(Cc1ccccc1)C(=O)c1ccc2c(Cl)cnc(Cl)c2c1.CCN(Cc1ccccc1)C(=O)c1ccc2c(Cl)cnc(N=C(N)N)c2c1.NC(N)=Nc1ncc(Cl)c2ccc(C(=O)N(Cc3ccccc3)CC(O)O)cc12. The molecule has 9 aromatic rings. The highest BCUT2D eigenvalue weighted by Crippen LogP contribution is 2.33. The van der Waals surface area contributed by atoms with Gasteiger partial charge in [0.05, 0.1) is 21.6 Å². The number of aromatic nitrogens is 3. The van der Waals surface area contributed by atoms with Crippen molar-refractivity contribution in [2.75, 3.05) is 19.6 Å². The predicted octanol–water partition coefficient (Wildman–Crippen LogP) is 10.4. The van der Waals surface area contributed by atoms with Gasteiger partial charge in [0.15, 0.2) is 29.8 Å². The van der Waals surface area contributed by atoms with Gasteiger partial charge in [-0.15, -0.1) is 0 Å². The van der Waals surface area contributed by atoms with Gasteiger partial charge >= 0.3 is 0 Å². The summed E-state index contributed by atoms with van der Waals surface area (Å²) < 4.78 is 0. The third kappa shape index (κ3) is 15.4. The van der Waals surface area contributed by atoms with Gasteiger partial charge in [-0.1, -0.05) is 156 Å². The van der Waals surface area contributed by atoms with Crippen molar-refractivity contribution in [1.29, 1.82) is 0 Å². The number of fused-ring (bicyclic) bond motifs is 3. The normalized spacial score (nSPS) is 10.8. The molecule has 10 N–H and O–H groups in total. The van der Waals surface area contributed by atoms with E-state index in [2.05, 4.69) is 24.9 Å². The molecule has 3 aromatic heterocycles. The maximum atomic E-state index is 13.1. The summed E-state index contributed by atoms with van der Waals surface area (Å²) in [4.78, 5) is 64.3. The lowest BCUT2D eigenvalue weighted by Crippen LogP contribution is -2.37. The van der Waals surface area contributed by atoms with Gasteiger partial charge in [-0.2, -0.15) is 9.98 Å². The minimum absolute atomic E-state index is 0.0423. The fourth-order valence-electron chi connectivity index (χ4n) is 8.42. The van der Waals surface area contributed by atoms with Crippen LogP contribution in [0.3, 0.4) is 0 Å². The van der Waals surface area contributed by atoms with Crippen LogP contribution >= 0.6 is 46.4 Å². The second-order valence-electron chi connectivity index (χ2n) is 17.9. The van der Waals surface area contributed by atoms with Gasteiger partial charge in [0.2, 0.25) is 0 Å². The summed E-state index contributed by atoms with van der Waals surface area (Å²) in [5.41, 5.74) is 26.3. The minimum Gasteiger partial charge on any atom is -0.370 e. The second-order valence-corrected chi connectivity index (χ2v) is 19.5. The van der Waals surface area contributed by atoms with Crippen molar-refractivity contribution < 1.29 is 24.6 Å². The number of pyridine rings is 3. The Morgan fingerprint density at radius 1 is 0.463 bits per heavy atom. The van der Waals surface area contributed by atoms with Crippen LogP contribution in [0.1, 0.15) is 61.6 Å². The van der Waals surface area contributed by atoms with Gasteiger partial charge in [-0.3, -0.25) is 14.4 Å². The topological polar surface area (TPSA) is 269 Å². The zero-order chi connectivity index (χ0) is 57.5. The van der Waals surface area contributed by atoms with Crippen molar-refractivity contribution in [3.8, 4) is 0 Å². The largest absolute Gasteiger partial charge is 0.370 e. The van der Waals surface area contributed by atoms with E-state index in [1.807, 2.05) is 111 Å². The molecule has 0 radical (unpaired) electrons. The highest BCUT2D eigenvalue weighted by molar-refractivity contribution is 6.39. The van der Waals surface area contributed by atoms with Crippen LogP contribution in [0.4, 0.5) is 11.6 Å². The Morgan fingerprint density at radius 3 is 1.14 bits per heavy atom. The number of carbonyl (C=O) groups excluding carboxylic acids is 3. The first-order chi connectivity index (χ1) is 38.4. The van der Waals surface area contributed by atoms with E-state index in [0.29, 0.717) is 90.5 Å². The van der Waals surface area contributed by atoms with Gasteiger partial charge < -0.3 is 47.8 Å². The number of amides is 3. The minimum atomic E-state index is -1.67. The molecule has 0 unspecified atom stereocenters. The molecule has 410 valence electrons. The van der Waals surface area contributed by atoms with E-state index in [9.17, 15) is 24.6 Å². The molecular weight excluding hydrogens is 1100 g/mol. The number of nitrogens with two attached hydrogens (primary N) is 4. The lowest BCUT2D eigenvalue weighted by Gasteiger charge is -2.24. The van der Waals surface area contributed by atoms with Crippen molar-refractivity contribution in [2.24, 2.45) is 32.9 Å². The van der Waals surface area contributed by atoms with E-state index in [4.69, 9.17) is 69.3 Å². The molecule has 21 heteroatoms. The summed E-state index contributed by atoms with van der Waals surface area (Å²) in [6.07, 6.45) is 2.76. The maximum Gasteiger partial charge on any atom is 0.254 e. The number of aliphatic imine (C=N–C) groups is 2. The first-order valence-corrected chi connectivity index (χ1v) is 26.4. The molecule has 0 atom stereocenters. The van der Waals surface area contributed by atoms with E-state index in [-0.39, 0.29) is 48.5 Å². The standard InChI is InChI=1S/C20H20ClN5O3.C20H20ClN5O.C19H16Cl2N2O/c21-16-9-24-18(25-20(22)23)15-8-13(6-7-14(15)16)19(29)26(11-17(27)28)10-12-4-2-1-3-5-12;1-2-26(12-13-6-4-3-5-7-13)19(27)14-8-9-15-16(10-14)18(25-20(22)23)24-11-17(15)21;1-2-23(12-13-6-4-3-5-7-13)19(24)14-8-9-15-16(10-14)18(21)22-11-17(15)20/h1-9,17,27-28H,10-11H2,(H4,22,23,24,25);3-11H,2,12H2,1H3,(H4,22,23,24,25);3-11H,2,12H2,1H3. The van der Waals surface area contributed by atoms with E-state index in [0.717, 1.165) is 27.5 Å². The first kappa shape index (κ1) is 59.2. The lowest BCUT2D eigenvalue weighted by molar-refractivity contribution is -0.0577. The number of rotatable bonds is 15. The van der Waals surface area contributed by atoms with Crippen molar-refractivity contribution >= 4 is 120 Å². The van der Waals surface area contributed by atoms with Crippen LogP contribution in [-0.2, 0) is 19.6 Å². The molecule has 0 fully saturated rings. The number of hydrogen-bond donors (Lipinski definition) is 6. The van der Waals surface area contributed by atoms with Crippen molar-refractivity contribution in [3.63, 3.8) is 0 Å². The molecule has 0 saturated heterocycles. The van der Waals surface area contributed by atoms with E-state index < -0.39 is 6.29 Å². The Hall–Kier alpha value is -8.42. The molecule has 80 heavy (non-hydrogen) atoms. The quantitative estimate of drug-likeness (QED) is 0.0242. The molecule has 0 bridgehead atoms.